The second kappa shape index (κ2) is 5.61. The molecule has 1 aliphatic heterocycles. The molecular weight excluding hydrogens is 274 g/mol. The van der Waals surface area contributed by atoms with Crippen molar-refractivity contribution in [3.63, 3.8) is 0 Å². The number of benzene rings is 2. The summed E-state index contributed by atoms with van der Waals surface area (Å²) in [6, 6.07) is 19.7. The fraction of sp³-hybridized carbons (Fsp3) is 0.263. The molecule has 0 atom stereocenters. The Labute approximate surface area is 130 Å². The number of hydrogen-bond donors (Lipinski definition) is 0. The minimum absolute atomic E-state index is 0.797. The smallest absolute Gasteiger partial charge is 0.0684 e. The minimum atomic E-state index is 0.797. The van der Waals surface area contributed by atoms with Gasteiger partial charge < -0.3 is 4.90 Å². The lowest BCUT2D eigenvalue weighted by atomic mass is 10.0. The molecule has 1 fully saturated rings. The topological polar surface area (TPSA) is 3.24 Å². The van der Waals surface area contributed by atoms with E-state index in [1.54, 1.807) is 5.56 Å². The highest BCUT2D eigenvalue weighted by Gasteiger charge is 2.28. The molecule has 0 bridgehead atoms. The maximum atomic E-state index is 2.50. The van der Waals surface area contributed by atoms with Crippen molar-refractivity contribution < 1.29 is 0 Å². The van der Waals surface area contributed by atoms with E-state index in [1.807, 2.05) is 11.8 Å². The molecule has 2 aromatic carbocycles. The van der Waals surface area contributed by atoms with E-state index in [9.17, 15) is 0 Å². The zero-order valence-electron chi connectivity index (χ0n) is 12.0. The van der Waals surface area contributed by atoms with Gasteiger partial charge in [-0.25, -0.2) is 0 Å². The Bertz CT molecular complexity index is 658. The molecule has 0 unspecified atom stereocenters. The van der Waals surface area contributed by atoms with Gasteiger partial charge in [-0.3, -0.25) is 0 Å². The highest BCUT2D eigenvalue weighted by atomic mass is 32.2. The number of hydrogen-bond acceptors (Lipinski definition) is 2. The monoisotopic (exact) mass is 293 g/mol. The maximum absolute atomic E-state index is 2.50. The number of rotatable bonds is 4. The lowest BCUT2D eigenvalue weighted by molar-refractivity contribution is 0.464. The lowest BCUT2D eigenvalue weighted by Gasteiger charge is -2.23. The fourth-order valence-electron chi connectivity index (χ4n) is 3.00. The Hall–Kier alpha value is -1.67. The molecule has 0 amide bonds. The molecule has 1 heterocycles. The molecule has 21 heavy (non-hydrogen) atoms. The van der Waals surface area contributed by atoms with Crippen LogP contribution in [0.25, 0.3) is 5.70 Å². The molecule has 0 aromatic heterocycles. The second-order valence-corrected chi connectivity index (χ2v) is 6.67. The molecule has 0 N–H and O–H groups in total. The Morgan fingerprint density at radius 2 is 1.71 bits per heavy atom. The zero-order chi connectivity index (χ0) is 14.1. The summed E-state index contributed by atoms with van der Waals surface area (Å²) in [4.78, 5) is 2.50. The SMILES string of the molecule is C1=C(c2ccccc2C2CC2)N(Cc2ccccc2)CS1. The summed E-state index contributed by atoms with van der Waals surface area (Å²) in [5, 5.41) is 2.34. The van der Waals surface area contributed by atoms with Gasteiger partial charge in [-0.2, -0.15) is 0 Å². The van der Waals surface area contributed by atoms with Crippen molar-refractivity contribution in [3.8, 4) is 0 Å². The van der Waals surface area contributed by atoms with Crippen molar-refractivity contribution >= 4 is 17.5 Å². The summed E-state index contributed by atoms with van der Waals surface area (Å²) in [6.45, 7) is 0.999. The predicted octanol–water partition coefficient (Wildman–Crippen LogP) is 5.07. The molecule has 2 heteroatoms. The van der Waals surface area contributed by atoms with Gasteiger partial charge >= 0.3 is 0 Å². The van der Waals surface area contributed by atoms with E-state index in [0.717, 1.165) is 18.3 Å². The zero-order valence-corrected chi connectivity index (χ0v) is 12.9. The van der Waals surface area contributed by atoms with E-state index < -0.39 is 0 Å². The van der Waals surface area contributed by atoms with Gasteiger partial charge in [-0.15, -0.1) is 11.8 Å². The van der Waals surface area contributed by atoms with Crippen LogP contribution in [-0.2, 0) is 6.54 Å². The van der Waals surface area contributed by atoms with Crippen LogP contribution < -0.4 is 0 Å². The van der Waals surface area contributed by atoms with Gasteiger partial charge in [-0.1, -0.05) is 54.6 Å². The first-order valence-corrected chi connectivity index (χ1v) is 8.66. The van der Waals surface area contributed by atoms with Crippen molar-refractivity contribution in [1.82, 2.24) is 4.90 Å². The van der Waals surface area contributed by atoms with Crippen molar-refractivity contribution in [2.45, 2.75) is 25.3 Å². The summed E-state index contributed by atoms with van der Waals surface area (Å²) < 4.78 is 0. The van der Waals surface area contributed by atoms with Gasteiger partial charge in [0.15, 0.2) is 0 Å². The summed E-state index contributed by atoms with van der Waals surface area (Å²) >= 11 is 1.91. The van der Waals surface area contributed by atoms with Crippen LogP contribution in [0, 0.1) is 0 Å². The van der Waals surface area contributed by atoms with E-state index >= 15 is 0 Å². The molecule has 4 rings (SSSR count). The largest absolute Gasteiger partial charge is 0.357 e. The summed E-state index contributed by atoms with van der Waals surface area (Å²) in [5.41, 5.74) is 5.78. The van der Waals surface area contributed by atoms with Crippen molar-refractivity contribution in [3.05, 3.63) is 76.7 Å². The van der Waals surface area contributed by atoms with Crippen LogP contribution in [0.3, 0.4) is 0 Å². The fourth-order valence-corrected chi connectivity index (χ4v) is 3.92. The first-order chi connectivity index (χ1) is 10.4. The quantitative estimate of drug-likeness (QED) is 0.774. The van der Waals surface area contributed by atoms with Crippen LogP contribution >= 0.6 is 11.8 Å². The summed E-state index contributed by atoms with van der Waals surface area (Å²) in [6.07, 6.45) is 2.71. The Kier molecular flexibility index (Phi) is 3.48. The Morgan fingerprint density at radius 1 is 0.952 bits per heavy atom. The van der Waals surface area contributed by atoms with Crippen LogP contribution in [0.4, 0.5) is 0 Å². The highest BCUT2D eigenvalue weighted by molar-refractivity contribution is 8.02. The van der Waals surface area contributed by atoms with Gasteiger partial charge in [-0.05, 0) is 35.3 Å². The van der Waals surface area contributed by atoms with Gasteiger partial charge in [0.25, 0.3) is 0 Å². The molecule has 0 radical (unpaired) electrons. The van der Waals surface area contributed by atoms with E-state index in [1.165, 1.54) is 29.7 Å². The molecule has 0 saturated heterocycles. The van der Waals surface area contributed by atoms with Crippen molar-refractivity contribution in [2.75, 3.05) is 5.88 Å². The third kappa shape index (κ3) is 2.73. The molecule has 106 valence electrons. The Balaban J connectivity index is 1.62. The average Bonchev–Trinajstić information content (AvgIpc) is 3.29. The van der Waals surface area contributed by atoms with Crippen LogP contribution in [0.15, 0.2) is 60.0 Å². The Morgan fingerprint density at radius 3 is 2.52 bits per heavy atom. The molecule has 0 spiro atoms. The third-order valence-electron chi connectivity index (χ3n) is 4.24. The molecule has 2 aromatic rings. The standard InChI is InChI=1S/C19H19NS/c1-2-6-15(7-3-1)12-20-14-21-13-19(20)18-9-5-4-8-17(18)16-10-11-16/h1-9,13,16H,10-12,14H2. The van der Waals surface area contributed by atoms with E-state index in [-0.39, 0.29) is 0 Å². The normalized spacial score (nSPS) is 17.9. The lowest BCUT2D eigenvalue weighted by Crippen LogP contribution is -2.18. The predicted molar refractivity (Wildman–Crippen MR) is 90.8 cm³/mol. The molecule has 1 saturated carbocycles. The van der Waals surface area contributed by atoms with Crippen molar-refractivity contribution in [2.24, 2.45) is 0 Å². The highest BCUT2D eigenvalue weighted by Crippen LogP contribution is 2.45. The van der Waals surface area contributed by atoms with Gasteiger partial charge in [0.1, 0.15) is 0 Å². The first kappa shape index (κ1) is 13.0. The molecule has 2 aliphatic rings. The van der Waals surface area contributed by atoms with Gasteiger partial charge in [0, 0.05) is 12.1 Å². The molecule has 1 aliphatic carbocycles. The van der Waals surface area contributed by atoms with E-state index in [0.29, 0.717) is 0 Å². The first-order valence-electron chi connectivity index (χ1n) is 7.62. The number of thioether (sulfide) groups is 1. The van der Waals surface area contributed by atoms with E-state index in [4.69, 9.17) is 0 Å². The summed E-state index contributed by atoms with van der Waals surface area (Å²) in [5.74, 6) is 1.86. The van der Waals surface area contributed by atoms with Crippen LogP contribution in [0.1, 0.15) is 35.4 Å². The maximum Gasteiger partial charge on any atom is 0.0684 e. The summed E-state index contributed by atoms with van der Waals surface area (Å²) in [7, 11) is 0. The van der Waals surface area contributed by atoms with Gasteiger partial charge in [0.2, 0.25) is 0 Å². The molecular formula is C19H19NS. The number of nitrogens with zero attached hydrogens (tertiary/aromatic N) is 1. The van der Waals surface area contributed by atoms with Crippen LogP contribution in [0.5, 0.6) is 0 Å². The van der Waals surface area contributed by atoms with E-state index in [2.05, 4.69) is 64.9 Å². The van der Waals surface area contributed by atoms with Crippen LogP contribution in [0.2, 0.25) is 0 Å². The third-order valence-corrected chi connectivity index (χ3v) is 5.09. The minimum Gasteiger partial charge on any atom is -0.357 e. The second-order valence-electron chi connectivity index (χ2n) is 5.84. The van der Waals surface area contributed by atoms with Crippen molar-refractivity contribution in [1.29, 1.82) is 0 Å². The van der Waals surface area contributed by atoms with Gasteiger partial charge in [0.05, 0.1) is 11.6 Å². The van der Waals surface area contributed by atoms with Crippen LogP contribution in [-0.4, -0.2) is 10.8 Å². The average molecular weight is 293 g/mol. The molecule has 1 nitrogen and oxygen atoms in total.